The number of hydrogen-bond donors (Lipinski definition) is 1. The van der Waals surface area contributed by atoms with Gasteiger partial charge >= 0.3 is 5.97 Å². The highest BCUT2D eigenvalue weighted by Gasteiger charge is 2.26. The predicted octanol–water partition coefficient (Wildman–Crippen LogP) is 3.37. The summed E-state index contributed by atoms with van der Waals surface area (Å²) in [7, 11) is 1.59. The van der Waals surface area contributed by atoms with Gasteiger partial charge in [-0.25, -0.2) is 4.79 Å². The van der Waals surface area contributed by atoms with Crippen LogP contribution < -0.4 is 10.1 Å². The van der Waals surface area contributed by atoms with Crippen LogP contribution in [0.15, 0.2) is 66.3 Å². The molecule has 1 amide bonds. The van der Waals surface area contributed by atoms with E-state index in [4.69, 9.17) is 9.47 Å². The molecule has 0 fully saturated rings. The highest BCUT2D eigenvalue weighted by Crippen LogP contribution is 2.21. The number of aromatic nitrogens is 1. The first-order chi connectivity index (χ1) is 13.2. The molecular formula is C20H18N2O4S. The standard InChI is InChI=1S/C20H18N2O4S/c1-25-16-8-6-14(7-9-16)12-22-19(23)18(15-4-2-10-21-13-15)26-20(24)17-5-3-11-27-17/h2-11,13,18H,12H2,1H3,(H,22,23). The van der Waals surface area contributed by atoms with Crippen LogP contribution in [0.5, 0.6) is 5.75 Å². The summed E-state index contributed by atoms with van der Waals surface area (Å²) in [6.45, 7) is 0.302. The lowest BCUT2D eigenvalue weighted by molar-refractivity contribution is -0.130. The molecular weight excluding hydrogens is 364 g/mol. The van der Waals surface area contributed by atoms with E-state index in [0.29, 0.717) is 17.0 Å². The van der Waals surface area contributed by atoms with Crippen LogP contribution in [0, 0.1) is 0 Å². The fourth-order valence-electron chi connectivity index (χ4n) is 2.39. The van der Waals surface area contributed by atoms with Gasteiger partial charge in [-0.2, -0.15) is 0 Å². The Kier molecular flexibility index (Phi) is 6.17. The average Bonchev–Trinajstić information content (AvgIpc) is 3.26. The first-order valence-electron chi connectivity index (χ1n) is 8.22. The molecule has 7 heteroatoms. The molecule has 0 aliphatic rings. The number of hydrogen-bond acceptors (Lipinski definition) is 6. The number of carbonyl (C=O) groups is 2. The maximum absolute atomic E-state index is 12.7. The lowest BCUT2D eigenvalue weighted by Crippen LogP contribution is -2.31. The van der Waals surface area contributed by atoms with E-state index in [2.05, 4.69) is 10.3 Å². The molecule has 0 aliphatic carbocycles. The minimum absolute atomic E-state index is 0.302. The highest BCUT2D eigenvalue weighted by molar-refractivity contribution is 7.11. The molecule has 1 N–H and O–H groups in total. The van der Waals surface area contributed by atoms with E-state index in [9.17, 15) is 9.59 Å². The molecule has 0 saturated carbocycles. The molecule has 2 heterocycles. The molecule has 27 heavy (non-hydrogen) atoms. The number of pyridine rings is 1. The fraction of sp³-hybridized carbons (Fsp3) is 0.150. The van der Waals surface area contributed by atoms with Crippen LogP contribution in [-0.4, -0.2) is 24.0 Å². The highest BCUT2D eigenvalue weighted by atomic mass is 32.1. The second-order valence-electron chi connectivity index (χ2n) is 5.61. The van der Waals surface area contributed by atoms with Gasteiger partial charge in [-0.15, -0.1) is 11.3 Å². The van der Waals surface area contributed by atoms with Crippen molar-refractivity contribution in [1.29, 1.82) is 0 Å². The minimum atomic E-state index is -1.08. The van der Waals surface area contributed by atoms with Gasteiger partial charge in [0.05, 0.1) is 7.11 Å². The molecule has 0 radical (unpaired) electrons. The third-order valence-corrected chi connectivity index (χ3v) is 4.65. The zero-order valence-electron chi connectivity index (χ0n) is 14.6. The van der Waals surface area contributed by atoms with Crippen molar-refractivity contribution in [3.63, 3.8) is 0 Å². The number of rotatable bonds is 7. The largest absolute Gasteiger partial charge is 0.497 e. The number of ether oxygens (including phenoxy) is 2. The number of nitrogens with zero attached hydrogens (tertiary/aromatic N) is 1. The number of amides is 1. The number of carbonyl (C=O) groups excluding carboxylic acids is 2. The van der Waals surface area contributed by atoms with Gasteiger partial charge in [-0.1, -0.05) is 24.3 Å². The third kappa shape index (κ3) is 4.92. The second-order valence-corrected chi connectivity index (χ2v) is 6.56. The zero-order chi connectivity index (χ0) is 19.1. The number of esters is 1. The molecule has 1 unspecified atom stereocenters. The first-order valence-corrected chi connectivity index (χ1v) is 9.10. The molecule has 0 saturated heterocycles. The number of thiophene rings is 1. The van der Waals surface area contributed by atoms with E-state index in [1.54, 1.807) is 43.0 Å². The van der Waals surface area contributed by atoms with Crippen LogP contribution in [0.1, 0.15) is 26.9 Å². The molecule has 0 spiro atoms. The molecule has 1 aromatic carbocycles. The van der Waals surface area contributed by atoms with Crippen molar-refractivity contribution in [3.8, 4) is 5.75 Å². The van der Waals surface area contributed by atoms with Crippen LogP contribution >= 0.6 is 11.3 Å². The second kappa shape index (κ2) is 8.95. The van der Waals surface area contributed by atoms with Gasteiger partial charge in [0.1, 0.15) is 10.6 Å². The van der Waals surface area contributed by atoms with Crippen molar-refractivity contribution in [2.24, 2.45) is 0 Å². The van der Waals surface area contributed by atoms with Crippen molar-refractivity contribution < 1.29 is 19.1 Å². The summed E-state index contributed by atoms with van der Waals surface area (Å²) in [5.41, 5.74) is 1.41. The normalized spacial score (nSPS) is 11.4. The molecule has 3 rings (SSSR count). The van der Waals surface area contributed by atoms with E-state index < -0.39 is 18.0 Å². The van der Waals surface area contributed by atoms with E-state index >= 15 is 0 Å². The average molecular weight is 382 g/mol. The Morgan fingerprint density at radius 1 is 1.15 bits per heavy atom. The van der Waals surface area contributed by atoms with E-state index in [1.807, 2.05) is 24.3 Å². The third-order valence-electron chi connectivity index (χ3n) is 3.80. The molecule has 3 aromatic rings. The summed E-state index contributed by atoms with van der Waals surface area (Å²) in [6.07, 6.45) is 2.03. The predicted molar refractivity (Wildman–Crippen MR) is 102 cm³/mol. The van der Waals surface area contributed by atoms with Gasteiger partial charge in [0, 0.05) is 24.5 Å². The Morgan fingerprint density at radius 2 is 1.96 bits per heavy atom. The molecule has 0 bridgehead atoms. The van der Waals surface area contributed by atoms with Crippen LogP contribution in [0.4, 0.5) is 0 Å². The maximum Gasteiger partial charge on any atom is 0.349 e. The van der Waals surface area contributed by atoms with Crippen molar-refractivity contribution in [2.45, 2.75) is 12.6 Å². The van der Waals surface area contributed by atoms with Crippen LogP contribution in [-0.2, 0) is 16.1 Å². The lowest BCUT2D eigenvalue weighted by atomic mass is 10.1. The van der Waals surface area contributed by atoms with Gasteiger partial charge in [0.25, 0.3) is 5.91 Å². The number of nitrogens with one attached hydrogen (secondary N) is 1. The lowest BCUT2D eigenvalue weighted by Gasteiger charge is -2.17. The number of benzene rings is 1. The first kappa shape index (κ1) is 18.6. The smallest absolute Gasteiger partial charge is 0.349 e. The van der Waals surface area contributed by atoms with E-state index in [0.717, 1.165) is 11.3 Å². The van der Waals surface area contributed by atoms with Gasteiger partial charge in [-0.05, 0) is 35.2 Å². The monoisotopic (exact) mass is 382 g/mol. The summed E-state index contributed by atoms with van der Waals surface area (Å²) in [6, 6.07) is 14.1. The van der Waals surface area contributed by atoms with Crippen LogP contribution in [0.2, 0.25) is 0 Å². The Labute approximate surface area is 160 Å². The topological polar surface area (TPSA) is 77.5 Å². The summed E-state index contributed by atoms with van der Waals surface area (Å²) < 4.78 is 10.6. The molecule has 6 nitrogen and oxygen atoms in total. The quantitative estimate of drug-likeness (QED) is 0.634. The molecule has 138 valence electrons. The van der Waals surface area contributed by atoms with Crippen LogP contribution in [0.3, 0.4) is 0 Å². The van der Waals surface area contributed by atoms with E-state index in [-0.39, 0.29) is 0 Å². The van der Waals surface area contributed by atoms with Gasteiger partial charge in [-0.3, -0.25) is 9.78 Å². The zero-order valence-corrected chi connectivity index (χ0v) is 15.4. The molecule has 0 aliphatic heterocycles. The number of methoxy groups -OCH3 is 1. The minimum Gasteiger partial charge on any atom is -0.497 e. The summed E-state index contributed by atoms with van der Waals surface area (Å²) in [4.78, 5) is 29.5. The van der Waals surface area contributed by atoms with Gasteiger partial charge < -0.3 is 14.8 Å². The summed E-state index contributed by atoms with van der Waals surface area (Å²) >= 11 is 1.26. The SMILES string of the molecule is COc1ccc(CNC(=O)C(OC(=O)c2cccs2)c2cccnc2)cc1. The Bertz CT molecular complexity index is 880. The van der Waals surface area contributed by atoms with Crippen molar-refractivity contribution >= 4 is 23.2 Å². The van der Waals surface area contributed by atoms with Crippen molar-refractivity contribution in [1.82, 2.24) is 10.3 Å². The molecule has 2 aromatic heterocycles. The van der Waals surface area contributed by atoms with Crippen molar-refractivity contribution in [3.05, 3.63) is 82.3 Å². The van der Waals surface area contributed by atoms with Crippen molar-refractivity contribution in [2.75, 3.05) is 7.11 Å². The van der Waals surface area contributed by atoms with Gasteiger partial charge in [0.2, 0.25) is 6.10 Å². The summed E-state index contributed by atoms with van der Waals surface area (Å²) in [5, 5.41) is 4.58. The summed E-state index contributed by atoms with van der Waals surface area (Å²) in [5.74, 6) is -0.217. The Morgan fingerprint density at radius 3 is 2.59 bits per heavy atom. The Balaban J connectivity index is 1.71. The van der Waals surface area contributed by atoms with Crippen LogP contribution in [0.25, 0.3) is 0 Å². The van der Waals surface area contributed by atoms with E-state index in [1.165, 1.54) is 17.5 Å². The van der Waals surface area contributed by atoms with Gasteiger partial charge in [0.15, 0.2) is 0 Å². The fourth-order valence-corrected chi connectivity index (χ4v) is 2.99. The maximum atomic E-state index is 12.7. The molecule has 1 atom stereocenters. The Hall–Kier alpha value is -3.19.